The third-order valence-corrected chi connectivity index (χ3v) is 5.10. The summed E-state index contributed by atoms with van der Waals surface area (Å²) in [5, 5.41) is 3.05. The number of thioether (sulfide) groups is 1. The zero-order valence-electron chi connectivity index (χ0n) is 16.3. The Morgan fingerprint density at radius 2 is 1.54 bits per heavy atom. The molecule has 0 fully saturated rings. The molecular formula is C22H27NO4S. The van der Waals surface area contributed by atoms with Gasteiger partial charge in [-0.15, -0.1) is 0 Å². The topological polar surface area (TPSA) is 64.6 Å². The molecule has 0 bridgehead atoms. The first-order valence-corrected chi connectivity index (χ1v) is 10.5. The van der Waals surface area contributed by atoms with Crippen LogP contribution in [0.25, 0.3) is 0 Å². The van der Waals surface area contributed by atoms with Crippen molar-refractivity contribution < 1.29 is 19.1 Å². The number of ether oxygens (including phenoxy) is 2. The predicted molar refractivity (Wildman–Crippen MR) is 112 cm³/mol. The van der Waals surface area contributed by atoms with Gasteiger partial charge in [0.25, 0.3) is 0 Å². The summed E-state index contributed by atoms with van der Waals surface area (Å²) in [5.41, 5.74) is 2.11. The molecule has 0 saturated carbocycles. The third kappa shape index (κ3) is 7.74. The zero-order chi connectivity index (χ0) is 20.2. The van der Waals surface area contributed by atoms with E-state index in [1.54, 1.807) is 25.6 Å². The zero-order valence-corrected chi connectivity index (χ0v) is 17.1. The van der Waals surface area contributed by atoms with E-state index in [4.69, 9.17) is 9.47 Å². The molecule has 0 saturated heterocycles. The number of hydrogen-bond acceptors (Lipinski definition) is 6. The van der Waals surface area contributed by atoms with E-state index in [-0.39, 0.29) is 12.6 Å². The van der Waals surface area contributed by atoms with Crippen molar-refractivity contribution in [2.75, 3.05) is 12.4 Å². The van der Waals surface area contributed by atoms with E-state index >= 15 is 0 Å². The van der Waals surface area contributed by atoms with Crippen molar-refractivity contribution in [3.05, 3.63) is 71.8 Å². The minimum absolute atomic E-state index is 0.207. The first-order chi connectivity index (χ1) is 13.6. The lowest BCUT2D eigenvalue weighted by molar-refractivity contribution is -0.149. The molecule has 0 aliphatic rings. The van der Waals surface area contributed by atoms with Crippen LogP contribution in [0.2, 0.25) is 0 Å². The molecule has 2 atom stereocenters. The molecule has 2 rings (SSSR count). The molecule has 6 heteroatoms. The van der Waals surface area contributed by atoms with Crippen molar-refractivity contribution in [1.29, 1.82) is 0 Å². The first-order valence-electron chi connectivity index (χ1n) is 9.35. The van der Waals surface area contributed by atoms with Crippen LogP contribution in [0.1, 0.15) is 25.0 Å². The highest BCUT2D eigenvalue weighted by atomic mass is 32.2. The van der Waals surface area contributed by atoms with Crippen molar-refractivity contribution >= 4 is 23.7 Å². The number of rotatable bonds is 11. The number of esters is 2. The van der Waals surface area contributed by atoms with Gasteiger partial charge in [0.05, 0.1) is 6.61 Å². The van der Waals surface area contributed by atoms with E-state index in [9.17, 15) is 9.59 Å². The van der Waals surface area contributed by atoms with Crippen LogP contribution in [0.4, 0.5) is 0 Å². The smallest absolute Gasteiger partial charge is 0.324 e. The van der Waals surface area contributed by atoms with Crippen molar-refractivity contribution in [1.82, 2.24) is 5.32 Å². The fourth-order valence-electron chi connectivity index (χ4n) is 2.52. The fourth-order valence-corrected chi connectivity index (χ4v) is 3.53. The SMILES string of the molecule is CCOC(=O)[C@H](CSCc1ccccc1)N[C@@H](C)C(=O)OCc1ccccc1. The van der Waals surface area contributed by atoms with Gasteiger partial charge in [0.15, 0.2) is 0 Å². The molecule has 0 aliphatic heterocycles. The Morgan fingerprint density at radius 3 is 2.14 bits per heavy atom. The maximum absolute atomic E-state index is 12.3. The van der Waals surface area contributed by atoms with Crippen LogP contribution in [0, 0.1) is 0 Å². The van der Waals surface area contributed by atoms with Crippen LogP contribution in [0.15, 0.2) is 60.7 Å². The maximum Gasteiger partial charge on any atom is 0.324 e. The molecule has 0 amide bonds. The van der Waals surface area contributed by atoms with Gasteiger partial charge in [-0.2, -0.15) is 11.8 Å². The maximum atomic E-state index is 12.3. The summed E-state index contributed by atoms with van der Waals surface area (Å²) >= 11 is 1.62. The van der Waals surface area contributed by atoms with E-state index in [0.29, 0.717) is 12.4 Å². The lowest BCUT2D eigenvalue weighted by Gasteiger charge is -2.21. The van der Waals surface area contributed by atoms with E-state index in [2.05, 4.69) is 5.32 Å². The van der Waals surface area contributed by atoms with Crippen molar-refractivity contribution in [3.8, 4) is 0 Å². The highest BCUT2D eigenvalue weighted by Crippen LogP contribution is 2.14. The Kier molecular flexibility index (Phi) is 9.59. The molecule has 0 aliphatic carbocycles. The number of carbonyl (C=O) groups excluding carboxylic acids is 2. The van der Waals surface area contributed by atoms with Crippen LogP contribution in [0.3, 0.4) is 0 Å². The molecule has 28 heavy (non-hydrogen) atoms. The van der Waals surface area contributed by atoms with Crippen LogP contribution >= 0.6 is 11.8 Å². The van der Waals surface area contributed by atoms with Gasteiger partial charge >= 0.3 is 11.9 Å². The molecule has 1 N–H and O–H groups in total. The van der Waals surface area contributed by atoms with E-state index < -0.39 is 18.1 Å². The second-order valence-corrected chi connectivity index (χ2v) is 7.32. The van der Waals surface area contributed by atoms with Gasteiger partial charge in [0.1, 0.15) is 18.7 Å². The molecule has 2 aromatic rings. The molecular weight excluding hydrogens is 374 g/mol. The highest BCUT2D eigenvalue weighted by molar-refractivity contribution is 7.98. The quantitative estimate of drug-likeness (QED) is 0.581. The van der Waals surface area contributed by atoms with Gasteiger partial charge < -0.3 is 9.47 Å². The number of carbonyl (C=O) groups is 2. The monoisotopic (exact) mass is 401 g/mol. The molecule has 0 radical (unpaired) electrons. The lowest BCUT2D eigenvalue weighted by atomic mass is 10.2. The molecule has 0 spiro atoms. The van der Waals surface area contributed by atoms with Crippen LogP contribution in [-0.2, 0) is 31.4 Å². The average molecular weight is 402 g/mol. The number of nitrogens with one attached hydrogen (secondary N) is 1. The van der Waals surface area contributed by atoms with Gasteiger partial charge in [-0.1, -0.05) is 60.7 Å². The largest absolute Gasteiger partial charge is 0.465 e. The molecule has 150 valence electrons. The van der Waals surface area contributed by atoms with Crippen molar-refractivity contribution in [3.63, 3.8) is 0 Å². The second kappa shape index (κ2) is 12.2. The highest BCUT2D eigenvalue weighted by Gasteiger charge is 2.25. The number of hydrogen-bond donors (Lipinski definition) is 1. The molecule has 0 unspecified atom stereocenters. The summed E-state index contributed by atoms with van der Waals surface area (Å²) in [5.74, 6) is 0.534. The second-order valence-electron chi connectivity index (χ2n) is 6.29. The molecule has 0 aromatic heterocycles. The van der Waals surface area contributed by atoms with Crippen LogP contribution in [0.5, 0.6) is 0 Å². The van der Waals surface area contributed by atoms with Crippen molar-refractivity contribution in [2.45, 2.75) is 38.3 Å². The van der Waals surface area contributed by atoms with E-state index in [0.717, 1.165) is 11.3 Å². The fraction of sp³-hybridized carbons (Fsp3) is 0.364. The van der Waals surface area contributed by atoms with Gasteiger partial charge in [-0.25, -0.2) is 0 Å². The summed E-state index contributed by atoms with van der Waals surface area (Å²) in [6, 6.07) is 18.3. The van der Waals surface area contributed by atoms with Gasteiger partial charge in [-0.05, 0) is 25.0 Å². The Labute approximate surface area is 170 Å². The third-order valence-electron chi connectivity index (χ3n) is 4.00. The van der Waals surface area contributed by atoms with Crippen LogP contribution < -0.4 is 5.32 Å². The number of benzene rings is 2. The summed E-state index contributed by atoms with van der Waals surface area (Å²) in [6.07, 6.45) is 0. The Morgan fingerprint density at radius 1 is 0.929 bits per heavy atom. The summed E-state index contributed by atoms with van der Waals surface area (Å²) in [6.45, 7) is 3.97. The van der Waals surface area contributed by atoms with Gasteiger partial charge in [-0.3, -0.25) is 14.9 Å². The molecule has 0 heterocycles. The van der Waals surface area contributed by atoms with Crippen molar-refractivity contribution in [2.24, 2.45) is 0 Å². The molecule has 5 nitrogen and oxygen atoms in total. The standard InChI is InChI=1S/C22H27NO4S/c1-3-26-22(25)20(16-28-15-19-12-8-5-9-13-19)23-17(2)21(24)27-14-18-10-6-4-7-11-18/h4-13,17,20,23H,3,14-16H2,1-2H3/t17-,20-/m0/s1. The Bertz CT molecular complexity index is 724. The van der Waals surface area contributed by atoms with Gasteiger partial charge in [0, 0.05) is 11.5 Å². The molecule has 2 aromatic carbocycles. The Balaban J connectivity index is 1.85. The lowest BCUT2D eigenvalue weighted by Crippen LogP contribution is -2.48. The van der Waals surface area contributed by atoms with Crippen LogP contribution in [-0.4, -0.2) is 36.4 Å². The van der Waals surface area contributed by atoms with E-state index in [1.165, 1.54) is 5.56 Å². The normalized spacial score (nSPS) is 12.8. The Hall–Kier alpha value is -2.31. The predicted octanol–water partition coefficient (Wildman–Crippen LogP) is 3.57. The van der Waals surface area contributed by atoms with Gasteiger partial charge in [0.2, 0.25) is 0 Å². The first kappa shape index (κ1) is 22.0. The summed E-state index contributed by atoms with van der Waals surface area (Å²) in [7, 11) is 0. The van der Waals surface area contributed by atoms with E-state index in [1.807, 2.05) is 60.7 Å². The summed E-state index contributed by atoms with van der Waals surface area (Å²) in [4.78, 5) is 24.6. The minimum Gasteiger partial charge on any atom is -0.465 e. The minimum atomic E-state index is -0.615. The summed E-state index contributed by atoms with van der Waals surface area (Å²) < 4.78 is 10.5. The average Bonchev–Trinajstić information content (AvgIpc) is 2.72.